The number of hydrogen-bond donors (Lipinski definition) is 1. The van der Waals surface area contributed by atoms with Crippen LogP contribution in [-0.2, 0) is 17.6 Å². The van der Waals surface area contributed by atoms with Crippen LogP contribution in [0.3, 0.4) is 0 Å². The maximum atomic E-state index is 13.0. The first-order chi connectivity index (χ1) is 7.20. The van der Waals surface area contributed by atoms with E-state index in [2.05, 4.69) is 4.98 Å². The van der Waals surface area contributed by atoms with Crippen molar-refractivity contribution in [2.75, 3.05) is 6.61 Å². The molecule has 3 nitrogen and oxygen atoms in total. The summed E-state index contributed by atoms with van der Waals surface area (Å²) in [6.07, 6.45) is 2.31. The van der Waals surface area contributed by atoms with Crippen molar-refractivity contribution in [3.8, 4) is 0 Å². The van der Waals surface area contributed by atoms with E-state index in [9.17, 15) is 9.18 Å². The molecule has 0 unspecified atom stereocenters. The zero-order valence-corrected chi connectivity index (χ0v) is 8.47. The molecule has 0 radical (unpaired) electrons. The van der Waals surface area contributed by atoms with Crippen LogP contribution in [0, 0.1) is 0 Å². The fourth-order valence-electron chi connectivity index (χ4n) is 1.67. The number of aromatic amines is 1. The van der Waals surface area contributed by atoms with Gasteiger partial charge < -0.3 is 9.72 Å². The number of esters is 1. The third-order valence-electron chi connectivity index (χ3n) is 2.37. The number of halogens is 1. The van der Waals surface area contributed by atoms with E-state index in [1.165, 1.54) is 6.08 Å². The molecule has 0 fully saturated rings. The van der Waals surface area contributed by atoms with Crippen LogP contribution in [0.4, 0.5) is 4.39 Å². The number of ether oxygens (including phenoxy) is 1. The molecular weight excluding hydrogens is 197 g/mol. The molecule has 15 heavy (non-hydrogen) atoms. The average Bonchev–Trinajstić information content (AvgIpc) is 2.60. The summed E-state index contributed by atoms with van der Waals surface area (Å²) in [4.78, 5) is 14.3. The quantitative estimate of drug-likeness (QED) is 0.758. The number of fused-ring (bicyclic) bond motifs is 1. The highest BCUT2D eigenvalue weighted by Crippen LogP contribution is 2.22. The zero-order chi connectivity index (χ0) is 10.8. The minimum Gasteiger partial charge on any atom is -0.461 e. The lowest BCUT2D eigenvalue weighted by Gasteiger charge is -2.05. The van der Waals surface area contributed by atoms with E-state index in [0.717, 1.165) is 11.3 Å². The van der Waals surface area contributed by atoms with Gasteiger partial charge in [0.2, 0.25) is 0 Å². The molecule has 0 aromatic carbocycles. The number of H-pyrrole nitrogens is 1. The molecule has 0 spiro atoms. The molecule has 1 aliphatic rings. The topological polar surface area (TPSA) is 42.1 Å². The number of nitrogens with one attached hydrogen (secondary N) is 1. The highest BCUT2D eigenvalue weighted by atomic mass is 19.1. The molecule has 0 aliphatic heterocycles. The monoisotopic (exact) mass is 209 g/mol. The number of carbonyl (C=O) groups excluding carboxylic acids is 1. The van der Waals surface area contributed by atoms with Gasteiger partial charge >= 0.3 is 5.97 Å². The molecule has 0 atom stereocenters. The summed E-state index contributed by atoms with van der Waals surface area (Å²) < 4.78 is 17.8. The second kappa shape index (κ2) is 3.88. The van der Waals surface area contributed by atoms with E-state index in [1.54, 1.807) is 13.0 Å². The Hall–Kier alpha value is -1.58. The van der Waals surface area contributed by atoms with Gasteiger partial charge in [-0.05, 0) is 24.6 Å². The van der Waals surface area contributed by atoms with Gasteiger partial charge in [-0.2, -0.15) is 0 Å². The first-order valence-corrected chi connectivity index (χ1v) is 4.93. The SMILES string of the molecule is CCOC(=O)c1cc2c([nH]1)CC=C(F)C2. The number of allylic oxidation sites excluding steroid dienone is 2. The minimum absolute atomic E-state index is 0.142. The van der Waals surface area contributed by atoms with Crippen molar-refractivity contribution in [3.05, 3.63) is 34.9 Å². The average molecular weight is 209 g/mol. The summed E-state index contributed by atoms with van der Waals surface area (Å²) in [6.45, 7) is 2.09. The Balaban J connectivity index is 2.21. The highest BCUT2D eigenvalue weighted by Gasteiger charge is 2.17. The van der Waals surface area contributed by atoms with E-state index in [0.29, 0.717) is 18.7 Å². The predicted molar refractivity (Wildman–Crippen MR) is 53.3 cm³/mol. The lowest BCUT2D eigenvalue weighted by molar-refractivity contribution is 0.0520. The number of aromatic nitrogens is 1. The second-order valence-corrected chi connectivity index (χ2v) is 3.44. The van der Waals surface area contributed by atoms with Crippen molar-refractivity contribution in [1.82, 2.24) is 4.98 Å². The van der Waals surface area contributed by atoms with E-state index >= 15 is 0 Å². The van der Waals surface area contributed by atoms with Crippen molar-refractivity contribution < 1.29 is 13.9 Å². The molecule has 0 bridgehead atoms. The standard InChI is InChI=1S/C11H12FNO2/c1-2-15-11(14)10-6-7-5-8(12)3-4-9(7)13-10/h3,6,13H,2,4-5H2,1H3. The minimum atomic E-state index is -0.382. The first kappa shape index (κ1) is 9.96. The Labute approximate surface area is 86.9 Å². The van der Waals surface area contributed by atoms with Crippen molar-refractivity contribution in [3.63, 3.8) is 0 Å². The Bertz CT molecular complexity index is 420. The summed E-state index contributed by atoms with van der Waals surface area (Å²) in [7, 11) is 0. The van der Waals surface area contributed by atoms with Gasteiger partial charge in [0.1, 0.15) is 11.5 Å². The molecule has 0 saturated heterocycles. The summed E-state index contributed by atoms with van der Waals surface area (Å²) in [5.41, 5.74) is 2.16. The fraction of sp³-hybridized carbons (Fsp3) is 0.364. The maximum Gasteiger partial charge on any atom is 0.354 e. The van der Waals surface area contributed by atoms with E-state index in [1.807, 2.05) is 0 Å². The number of hydrogen-bond acceptors (Lipinski definition) is 2. The Kier molecular flexibility index (Phi) is 2.58. The van der Waals surface area contributed by atoms with Gasteiger partial charge in [0.15, 0.2) is 0 Å². The van der Waals surface area contributed by atoms with Crippen LogP contribution in [0.5, 0.6) is 0 Å². The highest BCUT2D eigenvalue weighted by molar-refractivity contribution is 5.88. The van der Waals surface area contributed by atoms with Crippen molar-refractivity contribution in [2.24, 2.45) is 0 Å². The van der Waals surface area contributed by atoms with Crippen molar-refractivity contribution in [2.45, 2.75) is 19.8 Å². The largest absolute Gasteiger partial charge is 0.461 e. The molecule has 2 rings (SSSR count). The van der Waals surface area contributed by atoms with Gasteiger partial charge in [0.05, 0.1) is 6.61 Å². The van der Waals surface area contributed by atoms with Gasteiger partial charge in [-0.1, -0.05) is 0 Å². The van der Waals surface area contributed by atoms with Gasteiger partial charge in [0.25, 0.3) is 0 Å². The lowest BCUT2D eigenvalue weighted by Crippen LogP contribution is -2.04. The molecule has 1 heterocycles. The Morgan fingerprint density at radius 2 is 2.47 bits per heavy atom. The molecule has 1 N–H and O–H groups in total. The summed E-state index contributed by atoms with van der Waals surface area (Å²) in [5, 5.41) is 0. The number of carbonyl (C=O) groups is 1. The fourth-order valence-corrected chi connectivity index (χ4v) is 1.67. The molecule has 1 aliphatic carbocycles. The Morgan fingerprint density at radius 3 is 3.20 bits per heavy atom. The molecule has 1 aromatic heterocycles. The van der Waals surface area contributed by atoms with Crippen LogP contribution < -0.4 is 0 Å². The summed E-state index contributed by atoms with van der Waals surface area (Å²) >= 11 is 0. The smallest absolute Gasteiger partial charge is 0.354 e. The van der Waals surface area contributed by atoms with E-state index in [-0.39, 0.29) is 18.2 Å². The Morgan fingerprint density at radius 1 is 1.67 bits per heavy atom. The van der Waals surface area contributed by atoms with Gasteiger partial charge in [0, 0.05) is 18.5 Å². The normalized spacial score (nSPS) is 14.4. The van der Waals surface area contributed by atoms with Crippen LogP contribution in [0.15, 0.2) is 18.0 Å². The van der Waals surface area contributed by atoms with E-state index in [4.69, 9.17) is 4.74 Å². The maximum absolute atomic E-state index is 13.0. The van der Waals surface area contributed by atoms with Crippen molar-refractivity contribution in [1.29, 1.82) is 0 Å². The van der Waals surface area contributed by atoms with Crippen molar-refractivity contribution >= 4 is 5.97 Å². The van der Waals surface area contributed by atoms with Crippen LogP contribution in [0.2, 0.25) is 0 Å². The third kappa shape index (κ3) is 1.93. The molecule has 4 heteroatoms. The van der Waals surface area contributed by atoms with E-state index < -0.39 is 0 Å². The molecule has 0 amide bonds. The summed E-state index contributed by atoms with van der Waals surface area (Å²) in [5.74, 6) is -0.524. The number of rotatable bonds is 2. The first-order valence-electron chi connectivity index (χ1n) is 4.93. The third-order valence-corrected chi connectivity index (χ3v) is 2.37. The molecule has 80 valence electrons. The lowest BCUT2D eigenvalue weighted by atomic mass is 10.0. The van der Waals surface area contributed by atoms with Crippen LogP contribution in [0.25, 0.3) is 0 Å². The predicted octanol–water partition coefficient (Wildman–Crippen LogP) is 2.14. The zero-order valence-electron chi connectivity index (χ0n) is 8.47. The second-order valence-electron chi connectivity index (χ2n) is 3.44. The van der Waals surface area contributed by atoms with Crippen LogP contribution in [0.1, 0.15) is 28.7 Å². The molecular formula is C11H12FNO2. The van der Waals surface area contributed by atoms with Crippen LogP contribution >= 0.6 is 0 Å². The van der Waals surface area contributed by atoms with Gasteiger partial charge in [-0.15, -0.1) is 0 Å². The molecule has 1 aromatic rings. The van der Waals surface area contributed by atoms with Gasteiger partial charge in [-0.25, -0.2) is 9.18 Å². The summed E-state index contributed by atoms with van der Waals surface area (Å²) in [6, 6.07) is 1.67. The molecule has 0 saturated carbocycles. The van der Waals surface area contributed by atoms with Gasteiger partial charge in [-0.3, -0.25) is 0 Å². The van der Waals surface area contributed by atoms with Crippen LogP contribution in [-0.4, -0.2) is 17.6 Å².